The summed E-state index contributed by atoms with van der Waals surface area (Å²) in [6, 6.07) is 0.459. The molecule has 0 bridgehead atoms. The summed E-state index contributed by atoms with van der Waals surface area (Å²) in [5.41, 5.74) is 2.67. The van der Waals surface area contributed by atoms with Crippen molar-refractivity contribution in [2.24, 2.45) is 0 Å². The van der Waals surface area contributed by atoms with Crippen LogP contribution >= 0.6 is 0 Å². The van der Waals surface area contributed by atoms with Gasteiger partial charge < -0.3 is 5.32 Å². The molecule has 0 fully saturated rings. The third kappa shape index (κ3) is 2.10. The van der Waals surface area contributed by atoms with Crippen LogP contribution in [0.15, 0.2) is 6.20 Å². The number of rotatable bonds is 4. The average molecular weight is 181 g/mol. The van der Waals surface area contributed by atoms with Gasteiger partial charge in [-0.25, -0.2) is 0 Å². The molecule has 1 rings (SSSR count). The fourth-order valence-corrected chi connectivity index (χ4v) is 1.60. The molecule has 0 atom stereocenters. The molecule has 13 heavy (non-hydrogen) atoms. The normalized spacial score (nSPS) is 11.2. The highest BCUT2D eigenvalue weighted by Crippen LogP contribution is 2.14. The number of hydrogen-bond donors (Lipinski definition) is 1. The molecule has 0 unspecified atom stereocenters. The SMILES string of the molecule is CCc1c(CNC)cnn1C(C)C. The van der Waals surface area contributed by atoms with Gasteiger partial charge in [0.2, 0.25) is 0 Å². The lowest BCUT2D eigenvalue weighted by molar-refractivity contribution is 0.510. The summed E-state index contributed by atoms with van der Waals surface area (Å²) in [6.07, 6.45) is 3.02. The molecule has 0 radical (unpaired) electrons. The van der Waals surface area contributed by atoms with Gasteiger partial charge in [0.1, 0.15) is 0 Å². The van der Waals surface area contributed by atoms with Gasteiger partial charge in [-0.05, 0) is 27.3 Å². The predicted octanol–water partition coefficient (Wildman–Crippen LogP) is 1.75. The first kappa shape index (κ1) is 10.3. The fraction of sp³-hybridized carbons (Fsp3) is 0.700. The molecule has 0 aliphatic carbocycles. The summed E-state index contributed by atoms with van der Waals surface area (Å²) in [5.74, 6) is 0. The van der Waals surface area contributed by atoms with Gasteiger partial charge in [0, 0.05) is 23.8 Å². The maximum Gasteiger partial charge on any atom is 0.0537 e. The van der Waals surface area contributed by atoms with Gasteiger partial charge in [-0.3, -0.25) is 4.68 Å². The quantitative estimate of drug-likeness (QED) is 0.767. The Bertz CT molecular complexity index is 263. The maximum atomic E-state index is 4.38. The monoisotopic (exact) mass is 181 g/mol. The summed E-state index contributed by atoms with van der Waals surface area (Å²) in [5, 5.41) is 7.54. The van der Waals surface area contributed by atoms with E-state index in [-0.39, 0.29) is 0 Å². The lowest BCUT2D eigenvalue weighted by atomic mass is 10.2. The summed E-state index contributed by atoms with van der Waals surface area (Å²) in [7, 11) is 1.96. The first-order valence-electron chi connectivity index (χ1n) is 4.90. The molecule has 1 aromatic heterocycles. The zero-order chi connectivity index (χ0) is 9.84. The van der Waals surface area contributed by atoms with Gasteiger partial charge in [-0.2, -0.15) is 5.10 Å². The van der Waals surface area contributed by atoms with E-state index in [0.29, 0.717) is 6.04 Å². The molecule has 0 aliphatic heterocycles. The second-order valence-corrected chi connectivity index (χ2v) is 3.54. The van der Waals surface area contributed by atoms with Gasteiger partial charge in [-0.15, -0.1) is 0 Å². The summed E-state index contributed by atoms with van der Waals surface area (Å²) in [6.45, 7) is 7.41. The zero-order valence-electron chi connectivity index (χ0n) is 8.96. The third-order valence-electron chi connectivity index (χ3n) is 2.18. The van der Waals surface area contributed by atoms with Crippen LogP contribution in [0.5, 0.6) is 0 Å². The van der Waals surface area contributed by atoms with Gasteiger partial charge in [0.25, 0.3) is 0 Å². The molecule has 0 saturated carbocycles. The van der Waals surface area contributed by atoms with Crippen molar-refractivity contribution in [3.63, 3.8) is 0 Å². The molecular formula is C10H19N3. The zero-order valence-corrected chi connectivity index (χ0v) is 8.96. The molecule has 1 aromatic rings. The Hall–Kier alpha value is -0.830. The van der Waals surface area contributed by atoms with Crippen molar-refractivity contribution in [1.82, 2.24) is 15.1 Å². The Balaban J connectivity index is 2.96. The van der Waals surface area contributed by atoms with E-state index in [0.717, 1.165) is 13.0 Å². The van der Waals surface area contributed by atoms with E-state index in [9.17, 15) is 0 Å². The molecule has 1 heterocycles. The Kier molecular flexibility index (Phi) is 3.48. The van der Waals surface area contributed by atoms with Gasteiger partial charge in [0.05, 0.1) is 6.20 Å². The van der Waals surface area contributed by atoms with Gasteiger partial charge in [0.15, 0.2) is 0 Å². The first-order valence-corrected chi connectivity index (χ1v) is 4.90. The first-order chi connectivity index (χ1) is 6.20. The average Bonchev–Trinajstić information content (AvgIpc) is 2.48. The molecule has 0 saturated heterocycles. The van der Waals surface area contributed by atoms with Crippen LogP contribution in [-0.4, -0.2) is 16.8 Å². The van der Waals surface area contributed by atoms with Crippen molar-refractivity contribution in [3.8, 4) is 0 Å². The Morgan fingerprint density at radius 3 is 2.69 bits per heavy atom. The van der Waals surface area contributed by atoms with E-state index in [2.05, 4.69) is 35.9 Å². The van der Waals surface area contributed by atoms with Crippen molar-refractivity contribution in [1.29, 1.82) is 0 Å². The lowest BCUT2D eigenvalue weighted by Gasteiger charge is -2.10. The highest BCUT2D eigenvalue weighted by Gasteiger charge is 2.09. The molecule has 0 amide bonds. The second kappa shape index (κ2) is 4.42. The molecule has 0 spiro atoms. The topological polar surface area (TPSA) is 29.9 Å². The summed E-state index contributed by atoms with van der Waals surface area (Å²) in [4.78, 5) is 0. The highest BCUT2D eigenvalue weighted by atomic mass is 15.3. The van der Waals surface area contributed by atoms with Gasteiger partial charge >= 0.3 is 0 Å². The molecule has 3 heteroatoms. The molecule has 74 valence electrons. The number of nitrogens with zero attached hydrogens (tertiary/aromatic N) is 2. The predicted molar refractivity (Wildman–Crippen MR) is 54.8 cm³/mol. The minimum absolute atomic E-state index is 0.459. The van der Waals surface area contributed by atoms with E-state index in [1.54, 1.807) is 0 Å². The largest absolute Gasteiger partial charge is 0.316 e. The van der Waals surface area contributed by atoms with Crippen LogP contribution in [0.25, 0.3) is 0 Å². The minimum atomic E-state index is 0.459. The smallest absolute Gasteiger partial charge is 0.0537 e. The van der Waals surface area contributed by atoms with Gasteiger partial charge in [-0.1, -0.05) is 6.92 Å². The molecule has 0 aliphatic rings. The van der Waals surface area contributed by atoms with Crippen molar-refractivity contribution in [3.05, 3.63) is 17.5 Å². The standard InChI is InChI=1S/C10H19N3/c1-5-10-9(6-11-4)7-12-13(10)8(2)3/h7-8,11H,5-6H2,1-4H3. The summed E-state index contributed by atoms with van der Waals surface area (Å²) >= 11 is 0. The molecule has 0 aromatic carbocycles. The van der Waals surface area contributed by atoms with E-state index in [1.165, 1.54) is 11.3 Å². The van der Waals surface area contributed by atoms with Crippen molar-refractivity contribution in [2.45, 2.75) is 39.8 Å². The molecule has 3 nitrogen and oxygen atoms in total. The minimum Gasteiger partial charge on any atom is -0.316 e. The second-order valence-electron chi connectivity index (χ2n) is 3.54. The van der Waals surface area contributed by atoms with Crippen LogP contribution < -0.4 is 5.32 Å². The van der Waals surface area contributed by atoms with Crippen LogP contribution in [0.4, 0.5) is 0 Å². The fourth-order valence-electron chi connectivity index (χ4n) is 1.60. The van der Waals surface area contributed by atoms with Crippen LogP contribution in [0.1, 0.15) is 38.1 Å². The number of nitrogens with one attached hydrogen (secondary N) is 1. The Labute approximate surface area is 80.1 Å². The van der Waals surface area contributed by atoms with Crippen LogP contribution in [0, 0.1) is 0 Å². The Morgan fingerprint density at radius 2 is 2.23 bits per heavy atom. The lowest BCUT2D eigenvalue weighted by Crippen LogP contribution is -2.10. The molecular weight excluding hydrogens is 162 g/mol. The Morgan fingerprint density at radius 1 is 1.54 bits per heavy atom. The molecule has 1 N–H and O–H groups in total. The van der Waals surface area contributed by atoms with Crippen molar-refractivity contribution >= 4 is 0 Å². The van der Waals surface area contributed by atoms with E-state index < -0.39 is 0 Å². The summed E-state index contributed by atoms with van der Waals surface area (Å²) < 4.78 is 2.10. The van der Waals surface area contributed by atoms with E-state index in [1.807, 2.05) is 13.2 Å². The maximum absolute atomic E-state index is 4.38. The van der Waals surface area contributed by atoms with Crippen molar-refractivity contribution in [2.75, 3.05) is 7.05 Å². The highest BCUT2D eigenvalue weighted by molar-refractivity contribution is 5.18. The van der Waals surface area contributed by atoms with Crippen LogP contribution in [-0.2, 0) is 13.0 Å². The van der Waals surface area contributed by atoms with Crippen molar-refractivity contribution < 1.29 is 0 Å². The van der Waals surface area contributed by atoms with Crippen LogP contribution in [0.2, 0.25) is 0 Å². The number of aromatic nitrogens is 2. The van der Waals surface area contributed by atoms with Crippen LogP contribution in [0.3, 0.4) is 0 Å². The number of hydrogen-bond acceptors (Lipinski definition) is 2. The van der Waals surface area contributed by atoms with E-state index >= 15 is 0 Å². The third-order valence-corrected chi connectivity index (χ3v) is 2.18. The van der Waals surface area contributed by atoms with E-state index in [4.69, 9.17) is 0 Å².